The van der Waals surface area contributed by atoms with E-state index in [0.29, 0.717) is 17.6 Å². The van der Waals surface area contributed by atoms with Crippen LogP contribution in [0.5, 0.6) is 0 Å². The third kappa shape index (κ3) is 5.41. The summed E-state index contributed by atoms with van der Waals surface area (Å²) in [5.41, 5.74) is 5.93. The van der Waals surface area contributed by atoms with E-state index in [2.05, 4.69) is 18.5 Å². The smallest absolute Gasteiger partial charge is 0.220 e. The first kappa shape index (κ1) is 16.1. The molecule has 0 bridgehead atoms. The second kappa shape index (κ2) is 8.20. The molecular formula is C11H23ClN2OS. The topological polar surface area (TPSA) is 55.1 Å². The van der Waals surface area contributed by atoms with Crippen molar-refractivity contribution in [3.8, 4) is 0 Å². The highest BCUT2D eigenvalue weighted by molar-refractivity contribution is 7.99. The molecule has 16 heavy (non-hydrogen) atoms. The standard InChI is InChI=1S/C11H22N2OS.ClH/c1-8(15-2)7-13-11(14)6-9-4-3-5-10(9)12;/h8-10H,3-7,12H2,1-2H3,(H,13,14);1H/t8?,9-,10+;/m0./s1. The number of hydrogen-bond donors (Lipinski definition) is 2. The van der Waals surface area contributed by atoms with E-state index in [9.17, 15) is 4.79 Å². The normalized spacial score (nSPS) is 25.9. The van der Waals surface area contributed by atoms with Crippen LogP contribution in [0.25, 0.3) is 0 Å². The van der Waals surface area contributed by atoms with Gasteiger partial charge in [0.1, 0.15) is 0 Å². The van der Waals surface area contributed by atoms with Crippen molar-refractivity contribution in [1.82, 2.24) is 5.32 Å². The van der Waals surface area contributed by atoms with E-state index in [1.807, 2.05) is 0 Å². The van der Waals surface area contributed by atoms with E-state index in [4.69, 9.17) is 5.73 Å². The van der Waals surface area contributed by atoms with Crippen LogP contribution in [-0.2, 0) is 4.79 Å². The summed E-state index contributed by atoms with van der Waals surface area (Å²) in [5, 5.41) is 3.46. The van der Waals surface area contributed by atoms with Gasteiger partial charge >= 0.3 is 0 Å². The van der Waals surface area contributed by atoms with Crippen LogP contribution in [0.3, 0.4) is 0 Å². The zero-order valence-corrected chi connectivity index (χ0v) is 11.7. The summed E-state index contributed by atoms with van der Waals surface area (Å²) in [4.78, 5) is 11.6. The molecule has 1 saturated carbocycles. The molecule has 1 fully saturated rings. The van der Waals surface area contributed by atoms with E-state index in [-0.39, 0.29) is 24.4 Å². The molecule has 0 aromatic rings. The largest absolute Gasteiger partial charge is 0.355 e. The first-order valence-corrected chi connectivity index (χ1v) is 6.97. The Balaban J connectivity index is 0.00000225. The highest BCUT2D eigenvalue weighted by Crippen LogP contribution is 2.26. The van der Waals surface area contributed by atoms with Crippen LogP contribution < -0.4 is 11.1 Å². The lowest BCUT2D eigenvalue weighted by Gasteiger charge is -2.15. The maximum absolute atomic E-state index is 11.6. The molecule has 0 spiro atoms. The first-order chi connectivity index (χ1) is 7.13. The molecule has 1 unspecified atom stereocenters. The summed E-state index contributed by atoms with van der Waals surface area (Å²) < 4.78 is 0. The van der Waals surface area contributed by atoms with Crippen LogP contribution in [0.4, 0.5) is 0 Å². The third-order valence-corrected chi connectivity index (χ3v) is 4.13. The van der Waals surface area contributed by atoms with Gasteiger partial charge in [-0.25, -0.2) is 0 Å². The number of halogens is 1. The molecule has 0 radical (unpaired) electrons. The van der Waals surface area contributed by atoms with Gasteiger partial charge in [-0.3, -0.25) is 4.79 Å². The molecule has 96 valence electrons. The van der Waals surface area contributed by atoms with Crippen LogP contribution in [0, 0.1) is 5.92 Å². The van der Waals surface area contributed by atoms with Gasteiger partial charge in [-0.2, -0.15) is 11.8 Å². The maximum atomic E-state index is 11.6. The highest BCUT2D eigenvalue weighted by atomic mass is 35.5. The lowest BCUT2D eigenvalue weighted by molar-refractivity contribution is -0.122. The molecule has 1 aliphatic carbocycles. The van der Waals surface area contributed by atoms with Gasteiger partial charge in [0, 0.05) is 24.3 Å². The van der Waals surface area contributed by atoms with Crippen LogP contribution in [0.15, 0.2) is 0 Å². The molecule has 0 aromatic heterocycles. The molecule has 1 aliphatic rings. The quantitative estimate of drug-likeness (QED) is 0.798. The monoisotopic (exact) mass is 266 g/mol. The second-order valence-electron chi connectivity index (χ2n) is 4.41. The van der Waals surface area contributed by atoms with E-state index in [0.717, 1.165) is 19.4 Å². The second-order valence-corrected chi connectivity index (χ2v) is 5.69. The lowest BCUT2D eigenvalue weighted by Crippen LogP contribution is -2.34. The summed E-state index contributed by atoms with van der Waals surface area (Å²) in [5.74, 6) is 0.577. The van der Waals surface area contributed by atoms with Crippen LogP contribution >= 0.6 is 24.2 Å². The third-order valence-electron chi connectivity index (χ3n) is 3.15. The van der Waals surface area contributed by atoms with Crippen LogP contribution in [0.1, 0.15) is 32.6 Å². The predicted molar refractivity (Wildman–Crippen MR) is 73.2 cm³/mol. The molecule has 0 aromatic carbocycles. The minimum Gasteiger partial charge on any atom is -0.355 e. The molecule has 3 atom stereocenters. The molecule has 1 amide bonds. The molecule has 3 nitrogen and oxygen atoms in total. The fourth-order valence-electron chi connectivity index (χ4n) is 1.97. The molecule has 3 N–H and O–H groups in total. The van der Waals surface area contributed by atoms with Gasteiger partial charge in [0.05, 0.1) is 0 Å². The van der Waals surface area contributed by atoms with E-state index < -0.39 is 0 Å². The van der Waals surface area contributed by atoms with Crippen molar-refractivity contribution in [1.29, 1.82) is 0 Å². The Labute approximate surface area is 109 Å². The summed E-state index contributed by atoms with van der Waals surface area (Å²) >= 11 is 1.77. The number of nitrogens with two attached hydrogens (primary N) is 1. The average Bonchev–Trinajstić information content (AvgIpc) is 2.61. The highest BCUT2D eigenvalue weighted by Gasteiger charge is 2.25. The van der Waals surface area contributed by atoms with Crippen molar-refractivity contribution >= 4 is 30.1 Å². The fourth-order valence-corrected chi connectivity index (χ4v) is 2.22. The number of thioether (sulfide) groups is 1. The van der Waals surface area contributed by atoms with Crippen molar-refractivity contribution in [2.24, 2.45) is 11.7 Å². The summed E-state index contributed by atoms with van der Waals surface area (Å²) in [6, 6.07) is 0.244. The fraction of sp³-hybridized carbons (Fsp3) is 0.909. The Hall–Kier alpha value is 0.0700. The summed E-state index contributed by atoms with van der Waals surface area (Å²) in [7, 11) is 0. The zero-order chi connectivity index (χ0) is 11.3. The SMILES string of the molecule is CSC(C)CNC(=O)C[C@@H]1CCC[C@H]1N.Cl. The van der Waals surface area contributed by atoms with Crippen molar-refractivity contribution in [3.63, 3.8) is 0 Å². The predicted octanol–water partition coefficient (Wildman–Crippen LogP) is 1.79. The van der Waals surface area contributed by atoms with Crippen LogP contribution in [-0.4, -0.2) is 30.0 Å². The van der Waals surface area contributed by atoms with Crippen molar-refractivity contribution in [2.75, 3.05) is 12.8 Å². The number of nitrogens with one attached hydrogen (secondary N) is 1. The van der Waals surface area contributed by atoms with E-state index in [1.54, 1.807) is 11.8 Å². The number of rotatable bonds is 5. The van der Waals surface area contributed by atoms with Gasteiger partial charge in [-0.1, -0.05) is 13.3 Å². The van der Waals surface area contributed by atoms with Crippen LogP contribution in [0.2, 0.25) is 0 Å². The minimum atomic E-state index is 0. The summed E-state index contributed by atoms with van der Waals surface area (Å²) in [6.07, 6.45) is 6.05. The first-order valence-electron chi connectivity index (χ1n) is 5.68. The maximum Gasteiger partial charge on any atom is 0.220 e. The minimum absolute atomic E-state index is 0. The van der Waals surface area contributed by atoms with Gasteiger partial charge < -0.3 is 11.1 Å². The Morgan fingerprint density at radius 2 is 2.25 bits per heavy atom. The number of carbonyl (C=O) groups excluding carboxylic acids is 1. The Morgan fingerprint density at radius 3 is 2.75 bits per heavy atom. The molecule has 0 saturated heterocycles. The Bertz CT molecular complexity index is 216. The number of carbonyl (C=O) groups is 1. The van der Waals surface area contributed by atoms with Gasteiger partial charge in [0.15, 0.2) is 0 Å². The number of hydrogen-bond acceptors (Lipinski definition) is 3. The van der Waals surface area contributed by atoms with Gasteiger partial charge in [-0.05, 0) is 25.0 Å². The van der Waals surface area contributed by atoms with E-state index >= 15 is 0 Å². The average molecular weight is 267 g/mol. The van der Waals surface area contributed by atoms with Crippen molar-refractivity contribution < 1.29 is 4.79 Å². The van der Waals surface area contributed by atoms with Gasteiger partial charge in [0.2, 0.25) is 5.91 Å². The Morgan fingerprint density at radius 1 is 1.56 bits per heavy atom. The zero-order valence-electron chi connectivity index (χ0n) is 10.1. The van der Waals surface area contributed by atoms with Crippen molar-refractivity contribution in [3.05, 3.63) is 0 Å². The number of amides is 1. The Kier molecular flexibility index (Phi) is 8.24. The van der Waals surface area contributed by atoms with Crippen molar-refractivity contribution in [2.45, 2.75) is 43.9 Å². The molecule has 0 aliphatic heterocycles. The molecule has 0 heterocycles. The lowest BCUT2D eigenvalue weighted by atomic mass is 10.00. The van der Waals surface area contributed by atoms with E-state index in [1.165, 1.54) is 6.42 Å². The van der Waals surface area contributed by atoms with Gasteiger partial charge in [-0.15, -0.1) is 12.4 Å². The molecular weight excluding hydrogens is 244 g/mol. The molecule has 5 heteroatoms. The van der Waals surface area contributed by atoms with Gasteiger partial charge in [0.25, 0.3) is 0 Å². The summed E-state index contributed by atoms with van der Waals surface area (Å²) in [6.45, 7) is 2.88. The molecule has 1 rings (SSSR count).